The summed E-state index contributed by atoms with van der Waals surface area (Å²) in [6, 6.07) is 7.31. The number of rotatable bonds is 6. The first kappa shape index (κ1) is 12.6. The van der Waals surface area contributed by atoms with Crippen LogP contribution < -0.4 is 9.47 Å². The Bertz CT molecular complexity index is 330. The molecule has 0 aliphatic heterocycles. The fourth-order valence-electron chi connectivity index (χ4n) is 1.12. The highest BCUT2D eigenvalue weighted by molar-refractivity contribution is 5.80. The Balaban J connectivity index is 2.54. The Morgan fingerprint density at radius 3 is 2.31 bits per heavy atom. The maximum absolute atomic E-state index is 11.0. The second-order valence-corrected chi connectivity index (χ2v) is 3.69. The average Bonchev–Trinajstić information content (AvgIpc) is 2.28. The van der Waals surface area contributed by atoms with E-state index < -0.39 is 6.10 Å². The van der Waals surface area contributed by atoms with E-state index in [1.165, 1.54) is 6.92 Å². The average molecular weight is 222 g/mol. The summed E-state index contributed by atoms with van der Waals surface area (Å²) in [5, 5.41) is 0. The summed E-state index contributed by atoms with van der Waals surface area (Å²) in [4.78, 5) is 11.0. The van der Waals surface area contributed by atoms with Crippen LogP contribution in [0.2, 0.25) is 0 Å². The number of ketones is 1. The van der Waals surface area contributed by atoms with Crippen molar-refractivity contribution in [2.24, 2.45) is 0 Å². The lowest BCUT2D eigenvalue weighted by Crippen LogP contribution is -2.20. The van der Waals surface area contributed by atoms with Crippen LogP contribution in [-0.2, 0) is 4.79 Å². The normalized spacial score (nSPS) is 11.9. The van der Waals surface area contributed by atoms with E-state index in [4.69, 9.17) is 9.47 Å². The molecule has 0 N–H and O–H groups in total. The summed E-state index contributed by atoms with van der Waals surface area (Å²) >= 11 is 0. The van der Waals surface area contributed by atoms with Gasteiger partial charge in [0.25, 0.3) is 0 Å². The summed E-state index contributed by atoms with van der Waals surface area (Å²) in [5.41, 5.74) is 0. The zero-order valence-corrected chi connectivity index (χ0v) is 10.0. The number of ether oxygens (including phenoxy) is 2. The van der Waals surface area contributed by atoms with Crippen molar-refractivity contribution < 1.29 is 14.3 Å². The third-order valence-electron chi connectivity index (χ3n) is 2.18. The van der Waals surface area contributed by atoms with Crippen LogP contribution in [0.4, 0.5) is 0 Å². The van der Waals surface area contributed by atoms with Gasteiger partial charge in [-0.15, -0.1) is 0 Å². The topological polar surface area (TPSA) is 35.5 Å². The summed E-state index contributed by atoms with van der Waals surface area (Å²) in [7, 11) is 0. The molecule has 0 aliphatic rings. The van der Waals surface area contributed by atoms with Gasteiger partial charge < -0.3 is 9.47 Å². The quantitative estimate of drug-likeness (QED) is 0.742. The number of Topliss-reactive ketones (excluding diaryl/α,β-unsaturated/α-hetero) is 1. The fraction of sp³-hybridized carbons (Fsp3) is 0.462. The molecule has 0 heterocycles. The van der Waals surface area contributed by atoms with Gasteiger partial charge >= 0.3 is 0 Å². The molecule has 0 bridgehead atoms. The molecule has 1 atom stereocenters. The van der Waals surface area contributed by atoms with Crippen LogP contribution >= 0.6 is 0 Å². The van der Waals surface area contributed by atoms with Gasteiger partial charge in [-0.05, 0) is 44.5 Å². The molecule has 88 valence electrons. The van der Waals surface area contributed by atoms with Crippen molar-refractivity contribution in [3.05, 3.63) is 24.3 Å². The van der Waals surface area contributed by atoms with Gasteiger partial charge in [0.15, 0.2) is 11.9 Å². The number of carbonyl (C=O) groups is 1. The van der Waals surface area contributed by atoms with Crippen molar-refractivity contribution in [3.63, 3.8) is 0 Å². The van der Waals surface area contributed by atoms with Crippen LogP contribution in [0.3, 0.4) is 0 Å². The molecule has 0 aliphatic carbocycles. The molecule has 0 saturated heterocycles. The molecule has 0 spiro atoms. The Kier molecular flexibility index (Phi) is 4.83. The van der Waals surface area contributed by atoms with E-state index in [0.29, 0.717) is 12.4 Å². The minimum atomic E-state index is -0.401. The van der Waals surface area contributed by atoms with Crippen molar-refractivity contribution in [2.45, 2.75) is 33.3 Å². The van der Waals surface area contributed by atoms with Gasteiger partial charge in [-0.25, -0.2) is 0 Å². The minimum absolute atomic E-state index is 0.0197. The molecule has 16 heavy (non-hydrogen) atoms. The van der Waals surface area contributed by atoms with Gasteiger partial charge in [0, 0.05) is 0 Å². The van der Waals surface area contributed by atoms with Crippen molar-refractivity contribution in [3.8, 4) is 11.5 Å². The Morgan fingerprint density at radius 2 is 1.81 bits per heavy atom. The molecule has 1 rings (SSSR count). The van der Waals surface area contributed by atoms with Crippen molar-refractivity contribution in [1.82, 2.24) is 0 Å². The van der Waals surface area contributed by atoms with E-state index >= 15 is 0 Å². The lowest BCUT2D eigenvalue weighted by Gasteiger charge is -2.12. The second kappa shape index (κ2) is 6.16. The first-order chi connectivity index (χ1) is 7.63. The molecule has 0 aromatic heterocycles. The standard InChI is InChI=1S/C13H18O3/c1-4-9-15-12-5-7-13(8-6-12)16-11(3)10(2)14/h5-8,11H,4,9H2,1-3H3. The molecular formula is C13H18O3. The molecule has 0 fully saturated rings. The van der Waals surface area contributed by atoms with Gasteiger partial charge in [-0.2, -0.15) is 0 Å². The third kappa shape index (κ3) is 3.93. The van der Waals surface area contributed by atoms with E-state index in [-0.39, 0.29) is 5.78 Å². The van der Waals surface area contributed by atoms with Crippen LogP contribution in [0.25, 0.3) is 0 Å². The van der Waals surface area contributed by atoms with Crippen molar-refractivity contribution in [2.75, 3.05) is 6.61 Å². The lowest BCUT2D eigenvalue weighted by atomic mass is 10.3. The zero-order valence-electron chi connectivity index (χ0n) is 10.0. The summed E-state index contributed by atoms with van der Waals surface area (Å²) < 4.78 is 10.9. The molecule has 1 aromatic carbocycles. The van der Waals surface area contributed by atoms with E-state index in [1.54, 1.807) is 6.92 Å². The molecular weight excluding hydrogens is 204 g/mol. The van der Waals surface area contributed by atoms with E-state index in [1.807, 2.05) is 24.3 Å². The molecule has 3 heteroatoms. The molecule has 0 saturated carbocycles. The van der Waals surface area contributed by atoms with Crippen LogP contribution in [0.15, 0.2) is 24.3 Å². The Morgan fingerprint density at radius 1 is 1.25 bits per heavy atom. The number of hydrogen-bond donors (Lipinski definition) is 0. The summed E-state index contributed by atoms with van der Waals surface area (Å²) in [5.74, 6) is 1.53. The molecule has 1 unspecified atom stereocenters. The van der Waals surface area contributed by atoms with E-state index in [0.717, 1.165) is 12.2 Å². The molecule has 3 nitrogen and oxygen atoms in total. The largest absolute Gasteiger partial charge is 0.494 e. The number of hydrogen-bond acceptors (Lipinski definition) is 3. The lowest BCUT2D eigenvalue weighted by molar-refractivity contribution is -0.122. The highest BCUT2D eigenvalue weighted by atomic mass is 16.5. The van der Waals surface area contributed by atoms with Gasteiger partial charge in [0.1, 0.15) is 11.5 Å². The minimum Gasteiger partial charge on any atom is -0.494 e. The summed E-state index contributed by atoms with van der Waals surface area (Å²) in [6.45, 7) is 6.03. The maximum Gasteiger partial charge on any atom is 0.169 e. The third-order valence-corrected chi connectivity index (χ3v) is 2.18. The van der Waals surface area contributed by atoms with E-state index in [2.05, 4.69) is 6.92 Å². The highest BCUT2D eigenvalue weighted by Gasteiger charge is 2.08. The molecule has 0 amide bonds. The second-order valence-electron chi connectivity index (χ2n) is 3.69. The first-order valence-corrected chi connectivity index (χ1v) is 5.53. The fourth-order valence-corrected chi connectivity index (χ4v) is 1.12. The highest BCUT2D eigenvalue weighted by Crippen LogP contribution is 2.18. The predicted molar refractivity (Wildman–Crippen MR) is 63.0 cm³/mol. The van der Waals surface area contributed by atoms with Gasteiger partial charge in [-0.1, -0.05) is 6.92 Å². The van der Waals surface area contributed by atoms with Gasteiger partial charge in [-0.3, -0.25) is 4.79 Å². The smallest absolute Gasteiger partial charge is 0.169 e. The number of benzene rings is 1. The number of carbonyl (C=O) groups excluding carboxylic acids is 1. The van der Waals surface area contributed by atoms with Crippen molar-refractivity contribution >= 4 is 5.78 Å². The monoisotopic (exact) mass is 222 g/mol. The van der Waals surface area contributed by atoms with Crippen LogP contribution in [0.5, 0.6) is 11.5 Å². The van der Waals surface area contributed by atoms with Gasteiger partial charge in [0.2, 0.25) is 0 Å². The van der Waals surface area contributed by atoms with Gasteiger partial charge in [0.05, 0.1) is 6.61 Å². The van der Waals surface area contributed by atoms with Crippen LogP contribution in [0.1, 0.15) is 27.2 Å². The van der Waals surface area contributed by atoms with E-state index in [9.17, 15) is 4.79 Å². The van der Waals surface area contributed by atoms with Crippen LogP contribution in [-0.4, -0.2) is 18.5 Å². The zero-order chi connectivity index (χ0) is 12.0. The predicted octanol–water partition coefficient (Wildman–Crippen LogP) is 2.83. The molecule has 0 radical (unpaired) electrons. The maximum atomic E-state index is 11.0. The molecule has 1 aromatic rings. The summed E-state index contributed by atoms with van der Waals surface area (Å²) in [6.07, 6.45) is 0.585. The first-order valence-electron chi connectivity index (χ1n) is 5.53. The SMILES string of the molecule is CCCOc1ccc(OC(C)C(C)=O)cc1. The Labute approximate surface area is 96.4 Å². The van der Waals surface area contributed by atoms with Crippen LogP contribution in [0, 0.1) is 0 Å². The van der Waals surface area contributed by atoms with Crippen molar-refractivity contribution in [1.29, 1.82) is 0 Å². The Hall–Kier alpha value is -1.51.